The van der Waals surface area contributed by atoms with Gasteiger partial charge < -0.3 is 9.84 Å². The SMILES string of the molecule is O=C(O)c1ccc(OCCc2ccc(Br)cc2)cn1. The zero-order valence-electron chi connectivity index (χ0n) is 10.0. The molecule has 5 heteroatoms. The van der Waals surface area contributed by atoms with E-state index in [9.17, 15) is 4.79 Å². The number of halogens is 1. The number of pyridine rings is 1. The number of nitrogens with zero attached hydrogens (tertiary/aromatic N) is 1. The van der Waals surface area contributed by atoms with Crippen molar-refractivity contribution in [2.75, 3.05) is 6.61 Å². The van der Waals surface area contributed by atoms with Gasteiger partial charge in [0, 0.05) is 10.9 Å². The molecule has 1 aromatic carbocycles. The number of aromatic carboxylic acids is 1. The van der Waals surface area contributed by atoms with Gasteiger partial charge in [-0.15, -0.1) is 0 Å². The number of carboxylic acid groups (broad SMARTS) is 1. The highest BCUT2D eigenvalue weighted by Gasteiger charge is 2.03. The first kappa shape index (κ1) is 13.5. The van der Waals surface area contributed by atoms with Crippen molar-refractivity contribution in [3.63, 3.8) is 0 Å². The molecule has 98 valence electrons. The first-order chi connectivity index (χ1) is 9.15. The molecule has 0 aliphatic carbocycles. The summed E-state index contributed by atoms with van der Waals surface area (Å²) < 4.78 is 6.55. The molecule has 0 unspecified atom stereocenters. The van der Waals surface area contributed by atoms with Gasteiger partial charge in [-0.3, -0.25) is 0 Å². The molecule has 0 spiro atoms. The maximum atomic E-state index is 10.6. The van der Waals surface area contributed by atoms with Gasteiger partial charge in [-0.2, -0.15) is 0 Å². The monoisotopic (exact) mass is 321 g/mol. The summed E-state index contributed by atoms with van der Waals surface area (Å²) in [6.07, 6.45) is 2.21. The molecule has 2 aromatic rings. The number of carboxylic acids is 1. The molecular formula is C14H12BrNO3. The first-order valence-corrected chi connectivity index (χ1v) is 6.51. The first-order valence-electron chi connectivity index (χ1n) is 5.72. The van der Waals surface area contributed by atoms with Crippen LogP contribution in [-0.2, 0) is 6.42 Å². The zero-order chi connectivity index (χ0) is 13.7. The molecule has 1 heterocycles. The maximum Gasteiger partial charge on any atom is 0.354 e. The van der Waals surface area contributed by atoms with Gasteiger partial charge in [-0.25, -0.2) is 9.78 Å². The molecule has 0 atom stereocenters. The standard InChI is InChI=1S/C14H12BrNO3/c15-11-3-1-10(2-4-11)7-8-19-12-5-6-13(14(17)18)16-9-12/h1-6,9H,7-8H2,(H,17,18). The predicted molar refractivity (Wildman–Crippen MR) is 74.5 cm³/mol. The van der Waals surface area contributed by atoms with E-state index in [0.717, 1.165) is 10.9 Å². The van der Waals surface area contributed by atoms with Crippen LogP contribution in [0.25, 0.3) is 0 Å². The minimum atomic E-state index is -1.04. The van der Waals surface area contributed by atoms with Crippen LogP contribution in [0.2, 0.25) is 0 Å². The fourth-order valence-electron chi connectivity index (χ4n) is 1.53. The predicted octanol–water partition coefficient (Wildman–Crippen LogP) is 3.16. The largest absolute Gasteiger partial charge is 0.492 e. The zero-order valence-corrected chi connectivity index (χ0v) is 11.6. The summed E-state index contributed by atoms with van der Waals surface area (Å²) in [7, 11) is 0. The summed E-state index contributed by atoms with van der Waals surface area (Å²) in [6, 6.07) is 11.1. The van der Waals surface area contributed by atoms with Crippen LogP contribution in [-0.4, -0.2) is 22.7 Å². The van der Waals surface area contributed by atoms with E-state index in [0.29, 0.717) is 12.4 Å². The molecule has 0 aliphatic rings. The third-order valence-electron chi connectivity index (χ3n) is 2.53. The number of aromatic nitrogens is 1. The maximum absolute atomic E-state index is 10.6. The van der Waals surface area contributed by atoms with Gasteiger partial charge in [0.1, 0.15) is 11.4 Å². The molecular weight excluding hydrogens is 310 g/mol. The molecule has 0 radical (unpaired) electrons. The van der Waals surface area contributed by atoms with Gasteiger partial charge in [0.05, 0.1) is 12.8 Å². The van der Waals surface area contributed by atoms with Crippen molar-refractivity contribution in [2.45, 2.75) is 6.42 Å². The highest BCUT2D eigenvalue weighted by atomic mass is 79.9. The van der Waals surface area contributed by atoms with E-state index in [2.05, 4.69) is 20.9 Å². The van der Waals surface area contributed by atoms with Crippen molar-refractivity contribution in [1.82, 2.24) is 4.98 Å². The summed E-state index contributed by atoms with van der Waals surface area (Å²) >= 11 is 3.38. The van der Waals surface area contributed by atoms with E-state index in [-0.39, 0.29) is 5.69 Å². The molecule has 2 rings (SSSR count). The topological polar surface area (TPSA) is 59.4 Å². The van der Waals surface area contributed by atoms with Crippen molar-refractivity contribution in [2.24, 2.45) is 0 Å². The molecule has 1 N–H and O–H groups in total. The second kappa shape index (κ2) is 6.33. The number of benzene rings is 1. The fraction of sp³-hybridized carbons (Fsp3) is 0.143. The van der Waals surface area contributed by atoms with E-state index < -0.39 is 5.97 Å². The number of rotatable bonds is 5. The Morgan fingerprint density at radius 2 is 1.95 bits per heavy atom. The summed E-state index contributed by atoms with van der Waals surface area (Å²) in [5.74, 6) is -0.469. The van der Waals surface area contributed by atoms with Crippen LogP contribution in [0.3, 0.4) is 0 Å². The van der Waals surface area contributed by atoms with Crippen molar-refractivity contribution in [3.05, 3.63) is 58.3 Å². The van der Waals surface area contributed by atoms with Gasteiger partial charge in [-0.1, -0.05) is 28.1 Å². The van der Waals surface area contributed by atoms with Gasteiger partial charge >= 0.3 is 5.97 Å². The Kier molecular flexibility index (Phi) is 4.52. The molecule has 0 amide bonds. The summed E-state index contributed by atoms with van der Waals surface area (Å²) in [6.45, 7) is 0.524. The average molecular weight is 322 g/mol. The second-order valence-corrected chi connectivity index (χ2v) is 4.82. The Hall–Kier alpha value is -1.88. The smallest absolute Gasteiger partial charge is 0.354 e. The summed E-state index contributed by atoms with van der Waals surface area (Å²) in [5, 5.41) is 8.72. The van der Waals surface area contributed by atoms with E-state index in [1.54, 1.807) is 6.07 Å². The molecule has 0 saturated carbocycles. The van der Waals surface area contributed by atoms with Gasteiger partial charge in [0.15, 0.2) is 0 Å². The Labute approximate surface area is 119 Å². The number of ether oxygens (including phenoxy) is 1. The van der Waals surface area contributed by atoms with Gasteiger partial charge in [0.2, 0.25) is 0 Å². The van der Waals surface area contributed by atoms with Crippen molar-refractivity contribution in [1.29, 1.82) is 0 Å². The lowest BCUT2D eigenvalue weighted by atomic mass is 10.2. The molecule has 1 aromatic heterocycles. The van der Waals surface area contributed by atoms with Crippen LogP contribution in [0.4, 0.5) is 0 Å². The van der Waals surface area contributed by atoms with Crippen molar-refractivity contribution < 1.29 is 14.6 Å². The molecule has 0 bridgehead atoms. The van der Waals surface area contributed by atoms with Crippen LogP contribution < -0.4 is 4.74 Å². The van der Waals surface area contributed by atoms with E-state index >= 15 is 0 Å². The average Bonchev–Trinajstić information content (AvgIpc) is 2.41. The minimum Gasteiger partial charge on any atom is -0.492 e. The summed E-state index contributed by atoms with van der Waals surface area (Å²) in [5.41, 5.74) is 1.19. The highest BCUT2D eigenvalue weighted by Crippen LogP contribution is 2.12. The van der Waals surface area contributed by atoms with Gasteiger partial charge in [0.25, 0.3) is 0 Å². The Morgan fingerprint density at radius 1 is 1.21 bits per heavy atom. The Morgan fingerprint density at radius 3 is 2.53 bits per heavy atom. The van der Waals surface area contributed by atoms with Crippen molar-refractivity contribution >= 4 is 21.9 Å². The lowest BCUT2D eigenvalue weighted by Gasteiger charge is -2.06. The fourth-order valence-corrected chi connectivity index (χ4v) is 1.79. The third-order valence-corrected chi connectivity index (χ3v) is 3.06. The minimum absolute atomic E-state index is 0.0141. The van der Waals surface area contributed by atoms with Crippen LogP contribution in [0, 0.1) is 0 Å². The van der Waals surface area contributed by atoms with E-state index in [1.807, 2.05) is 24.3 Å². The molecule has 19 heavy (non-hydrogen) atoms. The highest BCUT2D eigenvalue weighted by molar-refractivity contribution is 9.10. The Balaban J connectivity index is 1.85. The summed E-state index contributed by atoms with van der Waals surface area (Å²) in [4.78, 5) is 14.4. The number of hydrogen-bond acceptors (Lipinski definition) is 3. The van der Waals surface area contributed by atoms with E-state index in [4.69, 9.17) is 9.84 Å². The lowest BCUT2D eigenvalue weighted by molar-refractivity contribution is 0.0690. The van der Waals surface area contributed by atoms with Crippen LogP contribution in [0.15, 0.2) is 47.1 Å². The molecule has 0 aliphatic heterocycles. The van der Waals surface area contributed by atoms with Crippen molar-refractivity contribution in [3.8, 4) is 5.75 Å². The third kappa shape index (κ3) is 4.06. The normalized spacial score (nSPS) is 10.2. The van der Waals surface area contributed by atoms with Crippen LogP contribution in [0.1, 0.15) is 16.1 Å². The Bertz CT molecular complexity index is 552. The molecule has 0 saturated heterocycles. The molecule has 0 fully saturated rings. The van der Waals surface area contributed by atoms with Gasteiger partial charge in [-0.05, 0) is 29.8 Å². The van der Waals surface area contributed by atoms with E-state index in [1.165, 1.54) is 17.8 Å². The molecule has 4 nitrogen and oxygen atoms in total. The lowest BCUT2D eigenvalue weighted by Crippen LogP contribution is -2.03. The quantitative estimate of drug-likeness (QED) is 0.918. The number of hydrogen-bond donors (Lipinski definition) is 1. The van der Waals surface area contributed by atoms with Crippen LogP contribution in [0.5, 0.6) is 5.75 Å². The van der Waals surface area contributed by atoms with Crippen LogP contribution >= 0.6 is 15.9 Å². The number of carbonyl (C=O) groups is 1. The second-order valence-electron chi connectivity index (χ2n) is 3.91.